The van der Waals surface area contributed by atoms with Gasteiger partial charge in [-0.05, 0) is 45.7 Å². The Kier molecular flexibility index (Phi) is 3.69. The van der Waals surface area contributed by atoms with Crippen LogP contribution in [-0.4, -0.2) is 40.2 Å². The van der Waals surface area contributed by atoms with Crippen LogP contribution in [0.3, 0.4) is 0 Å². The highest BCUT2D eigenvalue weighted by atomic mass is 16.5. The molecule has 1 N–H and O–H groups in total. The second kappa shape index (κ2) is 5.34. The lowest BCUT2D eigenvalue weighted by Crippen LogP contribution is -2.45. The van der Waals surface area contributed by atoms with E-state index in [-0.39, 0.29) is 12.1 Å². The number of pyridine rings is 1. The third-order valence-corrected chi connectivity index (χ3v) is 4.53. The highest BCUT2D eigenvalue weighted by molar-refractivity contribution is 5.31. The molecule has 2 unspecified atom stereocenters. The zero-order valence-electron chi connectivity index (χ0n) is 12.4. The van der Waals surface area contributed by atoms with Crippen LogP contribution in [0.4, 0.5) is 0 Å². The number of fused-ring (bicyclic) bond motifs is 1. The first-order chi connectivity index (χ1) is 9.59. The van der Waals surface area contributed by atoms with Crippen LogP contribution in [0.5, 0.6) is 5.75 Å². The van der Waals surface area contributed by atoms with Gasteiger partial charge in [0.15, 0.2) is 0 Å². The SMILES string of the molecule is CC(C)Oc1cncc(C2(O)CCN3CCCCC32)c1. The molecule has 0 aliphatic carbocycles. The number of nitrogens with zero attached hydrogens (tertiary/aromatic N) is 2. The van der Waals surface area contributed by atoms with E-state index in [0.717, 1.165) is 37.2 Å². The van der Waals surface area contributed by atoms with E-state index in [2.05, 4.69) is 9.88 Å². The number of aromatic nitrogens is 1. The number of ether oxygens (including phenoxy) is 1. The molecule has 0 aromatic carbocycles. The van der Waals surface area contributed by atoms with Crippen molar-refractivity contribution in [3.05, 3.63) is 24.0 Å². The number of hydrogen-bond donors (Lipinski definition) is 1. The second-order valence-corrected chi connectivity index (χ2v) is 6.30. The number of rotatable bonds is 3. The van der Waals surface area contributed by atoms with Crippen molar-refractivity contribution in [2.24, 2.45) is 0 Å². The zero-order chi connectivity index (χ0) is 14.2. The Morgan fingerprint density at radius 3 is 3.00 bits per heavy atom. The molecule has 2 aliphatic rings. The van der Waals surface area contributed by atoms with Crippen molar-refractivity contribution in [2.45, 2.75) is 57.3 Å². The van der Waals surface area contributed by atoms with Gasteiger partial charge < -0.3 is 9.84 Å². The van der Waals surface area contributed by atoms with Gasteiger partial charge in [0, 0.05) is 24.3 Å². The molecule has 2 atom stereocenters. The van der Waals surface area contributed by atoms with Crippen molar-refractivity contribution in [3.63, 3.8) is 0 Å². The average Bonchev–Trinajstić information content (AvgIpc) is 2.78. The Labute approximate surface area is 120 Å². The second-order valence-electron chi connectivity index (χ2n) is 6.30. The van der Waals surface area contributed by atoms with E-state index in [1.165, 1.54) is 12.8 Å². The highest BCUT2D eigenvalue weighted by Gasteiger charge is 2.48. The van der Waals surface area contributed by atoms with E-state index < -0.39 is 5.60 Å². The van der Waals surface area contributed by atoms with Crippen molar-refractivity contribution >= 4 is 0 Å². The van der Waals surface area contributed by atoms with Crippen LogP contribution in [0.25, 0.3) is 0 Å². The minimum absolute atomic E-state index is 0.122. The largest absolute Gasteiger partial charge is 0.489 e. The zero-order valence-corrected chi connectivity index (χ0v) is 12.4. The number of piperidine rings is 1. The van der Waals surface area contributed by atoms with Crippen molar-refractivity contribution in [1.82, 2.24) is 9.88 Å². The normalized spacial score (nSPS) is 30.5. The van der Waals surface area contributed by atoms with Crippen molar-refractivity contribution in [1.29, 1.82) is 0 Å². The van der Waals surface area contributed by atoms with E-state index >= 15 is 0 Å². The van der Waals surface area contributed by atoms with E-state index in [1.807, 2.05) is 19.9 Å². The lowest BCUT2D eigenvalue weighted by Gasteiger charge is -2.37. The summed E-state index contributed by atoms with van der Waals surface area (Å²) in [4.78, 5) is 6.69. The van der Waals surface area contributed by atoms with Crippen molar-refractivity contribution in [3.8, 4) is 5.75 Å². The van der Waals surface area contributed by atoms with Crippen LogP contribution >= 0.6 is 0 Å². The van der Waals surface area contributed by atoms with Gasteiger partial charge in [0.2, 0.25) is 0 Å². The molecule has 0 bridgehead atoms. The molecule has 110 valence electrons. The predicted octanol–water partition coefficient (Wildman–Crippen LogP) is 2.31. The molecule has 4 heteroatoms. The minimum Gasteiger partial charge on any atom is -0.489 e. The summed E-state index contributed by atoms with van der Waals surface area (Å²) in [6.07, 6.45) is 7.97. The van der Waals surface area contributed by atoms with Gasteiger partial charge in [0.25, 0.3) is 0 Å². The van der Waals surface area contributed by atoms with Gasteiger partial charge in [-0.15, -0.1) is 0 Å². The first kappa shape index (κ1) is 13.8. The van der Waals surface area contributed by atoms with E-state index in [9.17, 15) is 5.11 Å². The summed E-state index contributed by atoms with van der Waals surface area (Å²) in [6.45, 7) is 6.10. The fourth-order valence-corrected chi connectivity index (χ4v) is 3.61. The lowest BCUT2D eigenvalue weighted by molar-refractivity contribution is -0.0142. The average molecular weight is 276 g/mol. The summed E-state index contributed by atoms with van der Waals surface area (Å²) < 4.78 is 5.71. The maximum Gasteiger partial charge on any atom is 0.138 e. The van der Waals surface area contributed by atoms with Gasteiger partial charge in [-0.3, -0.25) is 9.88 Å². The Bertz CT molecular complexity index is 477. The quantitative estimate of drug-likeness (QED) is 0.920. The van der Waals surface area contributed by atoms with Crippen molar-refractivity contribution < 1.29 is 9.84 Å². The number of aliphatic hydroxyl groups is 1. The molecule has 2 saturated heterocycles. The molecule has 0 radical (unpaired) electrons. The standard InChI is InChI=1S/C16H24N2O2/c1-12(2)20-14-9-13(10-17-11-14)16(19)6-8-18-7-4-3-5-15(16)18/h9-12,15,19H,3-8H2,1-2H3. The lowest BCUT2D eigenvalue weighted by atomic mass is 9.83. The first-order valence-electron chi connectivity index (χ1n) is 7.68. The summed E-state index contributed by atoms with van der Waals surface area (Å²) in [7, 11) is 0. The molecule has 2 aliphatic heterocycles. The molecule has 2 fully saturated rings. The van der Waals surface area contributed by atoms with E-state index in [4.69, 9.17) is 4.74 Å². The summed E-state index contributed by atoms with van der Waals surface area (Å²) in [6, 6.07) is 2.21. The number of hydrogen-bond acceptors (Lipinski definition) is 4. The maximum atomic E-state index is 11.2. The smallest absolute Gasteiger partial charge is 0.138 e. The highest BCUT2D eigenvalue weighted by Crippen LogP contribution is 2.42. The fourth-order valence-electron chi connectivity index (χ4n) is 3.61. The van der Waals surface area contributed by atoms with Gasteiger partial charge in [0.05, 0.1) is 12.3 Å². The van der Waals surface area contributed by atoms with Gasteiger partial charge in [-0.1, -0.05) is 6.42 Å². The van der Waals surface area contributed by atoms with Crippen molar-refractivity contribution in [2.75, 3.05) is 13.1 Å². The van der Waals surface area contributed by atoms with Crippen LogP contribution in [0.1, 0.15) is 45.1 Å². The third-order valence-electron chi connectivity index (χ3n) is 4.53. The third kappa shape index (κ3) is 2.42. The fraction of sp³-hybridized carbons (Fsp3) is 0.688. The molecule has 0 saturated carbocycles. The van der Waals surface area contributed by atoms with Crippen LogP contribution in [0.2, 0.25) is 0 Å². The van der Waals surface area contributed by atoms with E-state index in [0.29, 0.717) is 0 Å². The minimum atomic E-state index is -0.760. The molecule has 1 aromatic rings. The van der Waals surface area contributed by atoms with E-state index in [1.54, 1.807) is 12.4 Å². The van der Waals surface area contributed by atoms with Gasteiger partial charge in [-0.25, -0.2) is 0 Å². The Balaban J connectivity index is 1.87. The summed E-state index contributed by atoms with van der Waals surface area (Å²) >= 11 is 0. The molecule has 3 rings (SSSR count). The van der Waals surface area contributed by atoms with Crippen LogP contribution in [-0.2, 0) is 5.60 Å². The summed E-state index contributed by atoms with van der Waals surface area (Å²) in [5.74, 6) is 0.750. The monoisotopic (exact) mass is 276 g/mol. The first-order valence-corrected chi connectivity index (χ1v) is 7.68. The molecular formula is C16H24N2O2. The molecule has 20 heavy (non-hydrogen) atoms. The van der Waals surface area contributed by atoms with Gasteiger partial charge in [0.1, 0.15) is 11.4 Å². The van der Waals surface area contributed by atoms with Gasteiger partial charge in [-0.2, -0.15) is 0 Å². The molecule has 0 amide bonds. The van der Waals surface area contributed by atoms with Gasteiger partial charge >= 0.3 is 0 Å². The Morgan fingerprint density at radius 2 is 2.20 bits per heavy atom. The van der Waals surface area contributed by atoms with Crippen LogP contribution < -0.4 is 4.74 Å². The molecule has 3 heterocycles. The molecule has 1 aromatic heterocycles. The Hall–Kier alpha value is -1.13. The maximum absolute atomic E-state index is 11.2. The van der Waals surface area contributed by atoms with Crippen LogP contribution in [0, 0.1) is 0 Å². The predicted molar refractivity (Wildman–Crippen MR) is 77.7 cm³/mol. The summed E-state index contributed by atoms with van der Waals surface area (Å²) in [5.41, 5.74) is 0.147. The molecular weight excluding hydrogens is 252 g/mol. The summed E-state index contributed by atoms with van der Waals surface area (Å²) in [5, 5.41) is 11.2. The Morgan fingerprint density at radius 1 is 1.35 bits per heavy atom. The molecule has 4 nitrogen and oxygen atoms in total. The molecule has 0 spiro atoms. The topological polar surface area (TPSA) is 45.6 Å². The van der Waals surface area contributed by atoms with Crippen LogP contribution in [0.15, 0.2) is 18.5 Å².